The van der Waals surface area contributed by atoms with Crippen molar-refractivity contribution in [2.24, 2.45) is 0 Å². The summed E-state index contributed by atoms with van der Waals surface area (Å²) < 4.78 is 12.9. The molecule has 0 amide bonds. The second-order valence-electron chi connectivity index (χ2n) is 4.64. The van der Waals surface area contributed by atoms with Crippen LogP contribution in [-0.2, 0) is 17.7 Å². The lowest BCUT2D eigenvalue weighted by Gasteiger charge is -2.32. The Bertz CT molecular complexity index is 349. The maximum absolute atomic E-state index is 5.67. The van der Waals surface area contributed by atoms with Gasteiger partial charge in [0, 0.05) is 12.7 Å². The maximum atomic E-state index is 5.67. The molecule has 0 aliphatic carbocycles. The third-order valence-corrected chi connectivity index (χ3v) is 2.73. The molecule has 17 heavy (non-hydrogen) atoms. The van der Waals surface area contributed by atoms with Gasteiger partial charge in [-0.2, -0.15) is 5.10 Å². The quantitative estimate of drug-likeness (QED) is 0.797. The van der Waals surface area contributed by atoms with Crippen molar-refractivity contribution in [3.63, 3.8) is 0 Å². The number of aromatic nitrogens is 2. The van der Waals surface area contributed by atoms with Crippen molar-refractivity contribution in [2.45, 2.75) is 52.7 Å². The molecule has 0 saturated heterocycles. The van der Waals surface area contributed by atoms with Gasteiger partial charge < -0.3 is 9.47 Å². The summed E-state index contributed by atoms with van der Waals surface area (Å²) in [6.45, 7) is 9.75. The molecule has 0 radical (unpaired) electrons. The van der Waals surface area contributed by atoms with Gasteiger partial charge in [-0.05, 0) is 13.3 Å². The largest absolute Gasteiger partial charge is 0.474 e. The zero-order chi connectivity index (χ0) is 12.9. The normalized spacial score (nSPS) is 22.2. The van der Waals surface area contributed by atoms with Gasteiger partial charge in [-0.3, -0.25) is 0 Å². The maximum Gasteiger partial charge on any atom is 0.215 e. The zero-order valence-corrected chi connectivity index (χ0v) is 11.6. The molecular formula is C13H24N2O2. The Labute approximate surface area is 104 Å². The van der Waals surface area contributed by atoms with Crippen LogP contribution in [0.1, 0.15) is 39.7 Å². The molecule has 1 aromatic heterocycles. The molecule has 2 heterocycles. The lowest BCUT2D eigenvalue weighted by molar-refractivity contribution is -0.0647. The Kier molecular flexibility index (Phi) is 5.00. The van der Waals surface area contributed by atoms with Crippen LogP contribution in [0.4, 0.5) is 0 Å². The number of aryl methyl sites for hydroxylation is 1. The van der Waals surface area contributed by atoms with E-state index in [9.17, 15) is 0 Å². The van der Waals surface area contributed by atoms with E-state index in [-0.39, 0.29) is 5.60 Å². The summed E-state index contributed by atoms with van der Waals surface area (Å²) in [6, 6.07) is 0. The number of hydrogen-bond acceptors (Lipinski definition) is 3. The van der Waals surface area contributed by atoms with E-state index in [0.29, 0.717) is 6.61 Å². The first-order chi connectivity index (χ1) is 8.10. The fourth-order valence-electron chi connectivity index (χ4n) is 1.64. The third kappa shape index (κ3) is 3.22. The van der Waals surface area contributed by atoms with Crippen molar-refractivity contribution in [1.29, 1.82) is 0 Å². The summed E-state index contributed by atoms with van der Waals surface area (Å²) in [5, 5.41) is 4.28. The summed E-state index contributed by atoms with van der Waals surface area (Å²) in [6.07, 6.45) is 4.08. The minimum Gasteiger partial charge on any atom is -0.474 e. The Morgan fingerprint density at radius 3 is 2.65 bits per heavy atom. The molecule has 0 aromatic carbocycles. The highest BCUT2D eigenvalue weighted by atomic mass is 16.5. The van der Waals surface area contributed by atoms with Crippen LogP contribution >= 0.6 is 0 Å². The van der Waals surface area contributed by atoms with E-state index in [1.807, 2.05) is 17.8 Å². The Hall–Kier alpha value is -1.03. The number of rotatable bonds is 2. The molecule has 1 atom stereocenters. The third-order valence-electron chi connectivity index (χ3n) is 2.73. The van der Waals surface area contributed by atoms with Gasteiger partial charge in [0.25, 0.3) is 0 Å². The first kappa shape index (κ1) is 14.0. The summed E-state index contributed by atoms with van der Waals surface area (Å²) in [4.78, 5) is 0. The number of nitrogens with zero attached hydrogens (tertiary/aromatic N) is 2. The highest BCUT2D eigenvalue weighted by Crippen LogP contribution is 2.27. The molecule has 0 spiro atoms. The van der Waals surface area contributed by atoms with E-state index in [0.717, 1.165) is 18.8 Å². The van der Waals surface area contributed by atoms with Gasteiger partial charge in [0.2, 0.25) is 5.88 Å². The number of methoxy groups -OCH3 is 1. The number of ether oxygens (including phenoxy) is 2. The molecule has 98 valence electrons. The summed E-state index contributed by atoms with van der Waals surface area (Å²) in [5.41, 5.74) is 0.924. The van der Waals surface area contributed by atoms with Crippen molar-refractivity contribution >= 4 is 0 Å². The van der Waals surface area contributed by atoms with Crippen LogP contribution in [0.5, 0.6) is 5.88 Å². The fourth-order valence-corrected chi connectivity index (χ4v) is 1.64. The molecule has 0 N–H and O–H groups in total. The molecule has 2 rings (SSSR count). The van der Waals surface area contributed by atoms with E-state index >= 15 is 0 Å². The molecule has 1 aliphatic heterocycles. The Morgan fingerprint density at radius 1 is 1.47 bits per heavy atom. The summed E-state index contributed by atoms with van der Waals surface area (Å²) >= 11 is 0. The van der Waals surface area contributed by atoms with E-state index in [1.165, 1.54) is 12.0 Å². The zero-order valence-electron chi connectivity index (χ0n) is 11.6. The van der Waals surface area contributed by atoms with Crippen LogP contribution in [0.25, 0.3) is 0 Å². The van der Waals surface area contributed by atoms with Crippen LogP contribution in [0.3, 0.4) is 0 Å². The smallest absolute Gasteiger partial charge is 0.215 e. The second kappa shape index (κ2) is 6.05. The van der Waals surface area contributed by atoms with Crippen molar-refractivity contribution < 1.29 is 9.47 Å². The van der Waals surface area contributed by atoms with Gasteiger partial charge in [-0.25, -0.2) is 4.68 Å². The van der Waals surface area contributed by atoms with Gasteiger partial charge in [-0.1, -0.05) is 27.2 Å². The first-order valence-electron chi connectivity index (χ1n) is 6.32. The highest BCUT2D eigenvalue weighted by molar-refractivity contribution is 5.25. The van der Waals surface area contributed by atoms with Gasteiger partial charge in [0.05, 0.1) is 12.7 Å². The molecule has 1 aliphatic rings. The minimum absolute atomic E-state index is 0.246. The molecule has 1 unspecified atom stereocenters. The molecule has 4 nitrogen and oxygen atoms in total. The summed E-state index contributed by atoms with van der Waals surface area (Å²) in [7, 11) is 1.71. The van der Waals surface area contributed by atoms with Gasteiger partial charge in [-0.15, -0.1) is 0 Å². The Balaban J connectivity index is 0.000000437. The topological polar surface area (TPSA) is 36.3 Å². The van der Waals surface area contributed by atoms with Crippen LogP contribution in [0, 0.1) is 0 Å². The molecule has 0 saturated carbocycles. The highest BCUT2D eigenvalue weighted by Gasteiger charge is 2.32. The van der Waals surface area contributed by atoms with Gasteiger partial charge in [0.1, 0.15) is 12.2 Å². The van der Waals surface area contributed by atoms with Crippen LogP contribution in [-0.4, -0.2) is 29.1 Å². The van der Waals surface area contributed by atoms with E-state index < -0.39 is 0 Å². The van der Waals surface area contributed by atoms with E-state index in [4.69, 9.17) is 9.47 Å². The van der Waals surface area contributed by atoms with E-state index in [2.05, 4.69) is 25.9 Å². The SMILES string of the molecule is CCC.CCc1cnn2c1OCC(C)(OC)C2. The number of hydrogen-bond donors (Lipinski definition) is 0. The molecule has 0 bridgehead atoms. The van der Waals surface area contributed by atoms with E-state index in [1.54, 1.807) is 7.11 Å². The van der Waals surface area contributed by atoms with Crippen molar-refractivity contribution in [1.82, 2.24) is 9.78 Å². The number of fused-ring (bicyclic) bond motifs is 1. The molecule has 1 aromatic rings. The monoisotopic (exact) mass is 240 g/mol. The predicted molar refractivity (Wildman–Crippen MR) is 68.5 cm³/mol. The summed E-state index contributed by atoms with van der Waals surface area (Å²) in [5.74, 6) is 0.905. The second-order valence-corrected chi connectivity index (χ2v) is 4.64. The van der Waals surface area contributed by atoms with Crippen molar-refractivity contribution in [2.75, 3.05) is 13.7 Å². The van der Waals surface area contributed by atoms with Crippen molar-refractivity contribution in [3.8, 4) is 5.88 Å². The standard InChI is InChI=1S/C10H16N2O2.C3H8/c1-4-8-5-11-12-6-10(2,13-3)7-14-9(8)12;1-3-2/h5H,4,6-7H2,1-3H3;3H2,1-2H3. The van der Waals surface area contributed by atoms with Crippen LogP contribution < -0.4 is 4.74 Å². The first-order valence-corrected chi connectivity index (χ1v) is 6.32. The average molecular weight is 240 g/mol. The average Bonchev–Trinajstić information content (AvgIpc) is 2.72. The van der Waals surface area contributed by atoms with Crippen LogP contribution in [0.2, 0.25) is 0 Å². The molecular weight excluding hydrogens is 216 g/mol. The minimum atomic E-state index is -0.246. The van der Waals surface area contributed by atoms with Gasteiger partial charge in [0.15, 0.2) is 0 Å². The molecule has 4 heteroatoms. The predicted octanol–water partition coefficient (Wildman–Crippen LogP) is 2.66. The van der Waals surface area contributed by atoms with Crippen LogP contribution in [0.15, 0.2) is 6.20 Å². The Morgan fingerprint density at radius 2 is 2.12 bits per heavy atom. The fraction of sp³-hybridized carbons (Fsp3) is 0.769. The van der Waals surface area contributed by atoms with Gasteiger partial charge >= 0.3 is 0 Å². The molecule has 0 fully saturated rings. The van der Waals surface area contributed by atoms with Crippen molar-refractivity contribution in [3.05, 3.63) is 11.8 Å². The lowest BCUT2D eigenvalue weighted by atomic mass is 10.1. The lowest BCUT2D eigenvalue weighted by Crippen LogP contribution is -2.43.